The quantitative estimate of drug-likeness (QED) is 0.768. The van der Waals surface area contributed by atoms with Gasteiger partial charge in [0.25, 0.3) is 0 Å². The highest BCUT2D eigenvalue weighted by atomic mass is 16.5. The molecule has 3 heterocycles. The van der Waals surface area contributed by atoms with Crippen LogP contribution in [0.2, 0.25) is 0 Å². The Labute approximate surface area is 128 Å². The van der Waals surface area contributed by atoms with Crippen LogP contribution in [-0.2, 0) is 24.2 Å². The fraction of sp³-hybridized carbons (Fsp3) is 0.533. The molecule has 118 valence electrons. The van der Waals surface area contributed by atoms with Crippen molar-refractivity contribution >= 4 is 5.91 Å². The lowest BCUT2D eigenvalue weighted by Crippen LogP contribution is -2.41. The number of hydrogen-bond acceptors (Lipinski definition) is 5. The van der Waals surface area contributed by atoms with Crippen molar-refractivity contribution in [3.05, 3.63) is 35.2 Å². The summed E-state index contributed by atoms with van der Waals surface area (Å²) in [5.74, 6) is 1.09. The predicted octanol–water partition coefficient (Wildman–Crippen LogP) is 1.10. The van der Waals surface area contributed by atoms with Gasteiger partial charge in [0.1, 0.15) is 6.04 Å². The van der Waals surface area contributed by atoms with Crippen molar-refractivity contribution in [3.63, 3.8) is 0 Å². The fourth-order valence-electron chi connectivity index (χ4n) is 2.67. The number of H-pyrrole nitrogens is 1. The van der Waals surface area contributed by atoms with Gasteiger partial charge < -0.3 is 20.1 Å². The minimum Gasteiger partial charge on any atom is -0.359 e. The van der Waals surface area contributed by atoms with Crippen LogP contribution in [0.3, 0.4) is 0 Å². The van der Waals surface area contributed by atoms with Crippen LogP contribution in [0.25, 0.3) is 0 Å². The Hall–Kier alpha value is -2.15. The summed E-state index contributed by atoms with van der Waals surface area (Å²) in [4.78, 5) is 19.6. The molecule has 0 aromatic carbocycles. The van der Waals surface area contributed by atoms with Gasteiger partial charge in [0, 0.05) is 24.7 Å². The van der Waals surface area contributed by atoms with Crippen LogP contribution in [0, 0.1) is 5.92 Å². The Morgan fingerprint density at radius 1 is 1.55 bits per heavy atom. The third kappa shape index (κ3) is 3.19. The largest absolute Gasteiger partial charge is 0.359 e. The van der Waals surface area contributed by atoms with Gasteiger partial charge in [-0.25, -0.2) is 4.98 Å². The maximum absolute atomic E-state index is 12.3. The van der Waals surface area contributed by atoms with E-state index < -0.39 is 6.04 Å². The van der Waals surface area contributed by atoms with Crippen molar-refractivity contribution in [1.82, 2.24) is 25.8 Å². The second-order valence-corrected chi connectivity index (χ2v) is 6.00. The van der Waals surface area contributed by atoms with Crippen molar-refractivity contribution < 1.29 is 9.32 Å². The van der Waals surface area contributed by atoms with Crippen molar-refractivity contribution in [2.24, 2.45) is 5.92 Å². The number of nitrogens with one attached hydrogen (secondary N) is 3. The number of aromatic nitrogens is 3. The molecule has 1 aliphatic rings. The molecular weight excluding hydrogens is 282 g/mol. The SMILES string of the molecule is CC(C)Cc1cc(CNC(=O)[C@@H]2NCCc3[nH]cnc32)on1. The second kappa shape index (κ2) is 6.31. The van der Waals surface area contributed by atoms with Crippen molar-refractivity contribution in [3.8, 4) is 0 Å². The summed E-state index contributed by atoms with van der Waals surface area (Å²) in [5.41, 5.74) is 2.73. The molecule has 1 amide bonds. The lowest BCUT2D eigenvalue weighted by molar-refractivity contribution is -0.123. The molecule has 0 radical (unpaired) electrons. The standard InChI is InChI=1S/C15H21N5O2/c1-9(2)5-10-6-11(22-20-10)7-17-15(21)14-13-12(3-4-16-14)18-8-19-13/h6,8-9,14,16H,3-5,7H2,1-2H3,(H,17,21)(H,18,19)/t14-/m1/s1. The van der Waals surface area contributed by atoms with Gasteiger partial charge in [0.2, 0.25) is 5.91 Å². The zero-order chi connectivity index (χ0) is 15.5. The van der Waals surface area contributed by atoms with Crippen molar-refractivity contribution in [1.29, 1.82) is 0 Å². The third-order valence-corrected chi connectivity index (χ3v) is 3.67. The molecule has 7 heteroatoms. The summed E-state index contributed by atoms with van der Waals surface area (Å²) in [6.07, 6.45) is 3.37. The first-order valence-electron chi connectivity index (χ1n) is 7.61. The normalized spacial score (nSPS) is 17.5. The van der Waals surface area contributed by atoms with E-state index in [-0.39, 0.29) is 5.91 Å². The van der Waals surface area contributed by atoms with E-state index in [0.717, 1.165) is 36.5 Å². The van der Waals surface area contributed by atoms with Crippen molar-refractivity contribution in [2.45, 2.75) is 39.3 Å². The van der Waals surface area contributed by atoms with Crippen LogP contribution in [0.15, 0.2) is 16.9 Å². The number of fused-ring (bicyclic) bond motifs is 1. The first kappa shape index (κ1) is 14.8. The van der Waals surface area contributed by atoms with E-state index in [1.54, 1.807) is 6.33 Å². The minimum absolute atomic E-state index is 0.102. The predicted molar refractivity (Wildman–Crippen MR) is 79.9 cm³/mol. The van der Waals surface area contributed by atoms with Gasteiger partial charge in [-0.05, 0) is 12.3 Å². The van der Waals surface area contributed by atoms with Crippen LogP contribution in [0.1, 0.15) is 42.7 Å². The molecule has 0 aliphatic carbocycles. The number of carbonyl (C=O) groups is 1. The van der Waals surface area contributed by atoms with Crippen molar-refractivity contribution in [2.75, 3.05) is 6.54 Å². The van der Waals surface area contributed by atoms with Crippen LogP contribution in [0.5, 0.6) is 0 Å². The molecule has 2 aromatic rings. The van der Waals surface area contributed by atoms with Gasteiger partial charge in [0.15, 0.2) is 5.76 Å². The molecule has 1 atom stereocenters. The zero-order valence-electron chi connectivity index (χ0n) is 12.8. The molecule has 7 nitrogen and oxygen atoms in total. The van der Waals surface area contributed by atoms with E-state index in [2.05, 4.69) is 39.6 Å². The number of carbonyl (C=O) groups excluding carboxylic acids is 1. The smallest absolute Gasteiger partial charge is 0.243 e. The molecule has 0 saturated heterocycles. The van der Waals surface area contributed by atoms with Gasteiger partial charge in [-0.1, -0.05) is 19.0 Å². The fourth-order valence-corrected chi connectivity index (χ4v) is 2.67. The first-order chi connectivity index (χ1) is 10.6. The number of aromatic amines is 1. The molecule has 0 unspecified atom stereocenters. The van der Waals surface area contributed by atoms with Gasteiger partial charge in [-0.2, -0.15) is 0 Å². The monoisotopic (exact) mass is 303 g/mol. The molecule has 0 bridgehead atoms. The summed E-state index contributed by atoms with van der Waals surface area (Å²) in [5, 5.41) is 10.1. The number of hydrogen-bond donors (Lipinski definition) is 3. The van der Waals surface area contributed by atoms with E-state index in [9.17, 15) is 4.79 Å². The minimum atomic E-state index is -0.409. The molecule has 0 fully saturated rings. The lowest BCUT2D eigenvalue weighted by Gasteiger charge is -2.21. The third-order valence-electron chi connectivity index (χ3n) is 3.67. The molecule has 3 rings (SSSR count). The Balaban J connectivity index is 1.58. The highest BCUT2D eigenvalue weighted by molar-refractivity contribution is 5.83. The van der Waals surface area contributed by atoms with Crippen LogP contribution in [-0.4, -0.2) is 27.6 Å². The topological polar surface area (TPSA) is 95.8 Å². The number of imidazole rings is 1. The van der Waals surface area contributed by atoms with Gasteiger partial charge in [0.05, 0.1) is 24.3 Å². The summed E-state index contributed by atoms with van der Waals surface area (Å²) in [6.45, 7) is 5.36. The molecular formula is C15H21N5O2. The van der Waals surface area contributed by atoms with Crippen LogP contribution < -0.4 is 10.6 Å². The first-order valence-corrected chi connectivity index (χ1v) is 7.61. The highest BCUT2D eigenvalue weighted by Gasteiger charge is 2.28. The second-order valence-electron chi connectivity index (χ2n) is 6.00. The molecule has 2 aromatic heterocycles. The van der Waals surface area contributed by atoms with E-state index >= 15 is 0 Å². The Kier molecular flexibility index (Phi) is 4.24. The maximum atomic E-state index is 12.3. The summed E-state index contributed by atoms with van der Waals surface area (Å²) in [6, 6.07) is 1.49. The zero-order valence-corrected chi connectivity index (χ0v) is 12.8. The number of amides is 1. The van der Waals surface area contributed by atoms with E-state index in [0.29, 0.717) is 18.2 Å². The summed E-state index contributed by atoms with van der Waals surface area (Å²) >= 11 is 0. The highest BCUT2D eigenvalue weighted by Crippen LogP contribution is 2.19. The van der Waals surface area contributed by atoms with Crippen LogP contribution in [0.4, 0.5) is 0 Å². The maximum Gasteiger partial charge on any atom is 0.243 e. The average Bonchev–Trinajstić information content (AvgIpc) is 3.12. The molecule has 22 heavy (non-hydrogen) atoms. The Bertz CT molecular complexity index is 646. The Morgan fingerprint density at radius 2 is 2.41 bits per heavy atom. The molecule has 3 N–H and O–H groups in total. The van der Waals surface area contributed by atoms with Gasteiger partial charge >= 0.3 is 0 Å². The summed E-state index contributed by atoms with van der Waals surface area (Å²) < 4.78 is 5.25. The van der Waals surface area contributed by atoms with Gasteiger partial charge in [-0.3, -0.25) is 4.79 Å². The molecule has 1 aliphatic heterocycles. The Morgan fingerprint density at radius 3 is 3.23 bits per heavy atom. The van der Waals surface area contributed by atoms with E-state index in [1.807, 2.05) is 6.07 Å². The molecule has 0 saturated carbocycles. The number of nitrogens with zero attached hydrogens (tertiary/aromatic N) is 2. The van der Waals surface area contributed by atoms with E-state index in [1.165, 1.54) is 0 Å². The van der Waals surface area contributed by atoms with Crippen LogP contribution >= 0.6 is 0 Å². The van der Waals surface area contributed by atoms with Gasteiger partial charge in [-0.15, -0.1) is 0 Å². The average molecular weight is 303 g/mol. The molecule has 0 spiro atoms. The number of rotatable bonds is 5. The lowest BCUT2D eigenvalue weighted by atomic mass is 10.1. The van der Waals surface area contributed by atoms with E-state index in [4.69, 9.17) is 4.52 Å². The summed E-state index contributed by atoms with van der Waals surface area (Å²) in [7, 11) is 0.